The first-order chi connectivity index (χ1) is 6.24. The molecule has 0 aliphatic rings. The molecule has 0 aromatic carbocycles. The maximum Gasteiger partial charge on any atom is 0.435 e. The maximum absolute atomic E-state index is 10.6. The van der Waals surface area contributed by atoms with Crippen LogP contribution in [0.25, 0.3) is 0 Å². The number of methoxy groups -OCH3 is 1. The Morgan fingerprint density at radius 3 is 2.62 bits per heavy atom. The summed E-state index contributed by atoms with van der Waals surface area (Å²) < 4.78 is 4.30. The van der Waals surface area contributed by atoms with Crippen LogP contribution >= 0.6 is 11.8 Å². The average Bonchev–Trinajstić information content (AvgIpc) is 2.16. The Labute approximate surface area is 79.9 Å². The van der Waals surface area contributed by atoms with Crippen molar-refractivity contribution >= 4 is 29.4 Å². The number of amidine groups is 1. The lowest BCUT2D eigenvalue weighted by Gasteiger charge is -1.94. The minimum atomic E-state index is -0.709. The van der Waals surface area contributed by atoms with Crippen molar-refractivity contribution in [1.29, 1.82) is 0 Å². The van der Waals surface area contributed by atoms with Gasteiger partial charge in [0, 0.05) is 0 Å². The molecule has 0 radical (unpaired) electrons. The van der Waals surface area contributed by atoms with E-state index in [-0.39, 0.29) is 5.17 Å². The molecule has 0 fully saturated rings. The van der Waals surface area contributed by atoms with E-state index >= 15 is 0 Å². The molecule has 0 rings (SSSR count). The van der Waals surface area contributed by atoms with Crippen LogP contribution in [0.2, 0.25) is 0 Å². The van der Waals surface area contributed by atoms with E-state index in [1.54, 1.807) is 6.26 Å². The molecule has 13 heavy (non-hydrogen) atoms. The number of hydrogen-bond donors (Lipinski definition) is 0. The SMILES string of the molecule is COO/C=N/C(=N/C(=O)OC)SC. The molecular weight excluding hydrogens is 196 g/mol. The first-order valence-electron chi connectivity index (χ1n) is 3.17. The van der Waals surface area contributed by atoms with Crippen molar-refractivity contribution in [2.45, 2.75) is 0 Å². The predicted molar refractivity (Wildman–Crippen MR) is 49.9 cm³/mol. The van der Waals surface area contributed by atoms with Crippen LogP contribution in [0.15, 0.2) is 9.98 Å². The Morgan fingerprint density at radius 1 is 1.46 bits per heavy atom. The van der Waals surface area contributed by atoms with E-state index in [1.165, 1.54) is 26.0 Å². The van der Waals surface area contributed by atoms with Crippen molar-refractivity contribution in [3.63, 3.8) is 0 Å². The van der Waals surface area contributed by atoms with Crippen LogP contribution in [0.3, 0.4) is 0 Å². The third-order valence-electron chi connectivity index (χ3n) is 0.847. The lowest BCUT2D eigenvalue weighted by Crippen LogP contribution is -1.98. The van der Waals surface area contributed by atoms with E-state index in [9.17, 15) is 4.79 Å². The molecule has 1 amide bonds. The molecule has 7 heteroatoms. The minimum Gasteiger partial charge on any atom is -0.451 e. The van der Waals surface area contributed by atoms with Gasteiger partial charge < -0.3 is 9.62 Å². The second-order valence-corrected chi connectivity index (χ2v) is 2.34. The van der Waals surface area contributed by atoms with Crippen LogP contribution in [-0.4, -0.2) is 38.1 Å². The standard InChI is InChI=1S/C6H10N2O4S/c1-10-6(9)8-5(13-3)7-4-12-11-2/h4H,1-3H3/b7-4+,8-5-. The summed E-state index contributed by atoms with van der Waals surface area (Å²) in [4.78, 5) is 26.4. The number of carbonyl (C=O) groups is 1. The highest BCUT2D eigenvalue weighted by atomic mass is 32.2. The molecule has 0 aliphatic heterocycles. The van der Waals surface area contributed by atoms with Crippen molar-refractivity contribution in [3.8, 4) is 0 Å². The van der Waals surface area contributed by atoms with Crippen molar-refractivity contribution < 1.29 is 19.3 Å². The Balaban J connectivity index is 4.16. The summed E-state index contributed by atoms with van der Waals surface area (Å²) in [5.74, 6) is 0. The number of thioether (sulfide) groups is 1. The molecule has 0 atom stereocenters. The van der Waals surface area contributed by atoms with E-state index in [2.05, 4.69) is 24.5 Å². The quantitative estimate of drug-likeness (QED) is 0.292. The third kappa shape index (κ3) is 6.12. The van der Waals surface area contributed by atoms with E-state index in [0.29, 0.717) is 0 Å². The monoisotopic (exact) mass is 206 g/mol. The molecule has 0 spiro atoms. The summed E-state index contributed by atoms with van der Waals surface area (Å²) in [7, 11) is 2.57. The molecule has 0 N–H and O–H groups in total. The van der Waals surface area contributed by atoms with Gasteiger partial charge in [-0.15, -0.1) is 4.99 Å². The van der Waals surface area contributed by atoms with Gasteiger partial charge in [0.05, 0.1) is 14.2 Å². The van der Waals surface area contributed by atoms with Crippen LogP contribution in [0.4, 0.5) is 4.79 Å². The van der Waals surface area contributed by atoms with E-state index < -0.39 is 6.09 Å². The van der Waals surface area contributed by atoms with Gasteiger partial charge in [0.25, 0.3) is 0 Å². The average molecular weight is 206 g/mol. The van der Waals surface area contributed by atoms with Crippen LogP contribution in [-0.2, 0) is 14.5 Å². The van der Waals surface area contributed by atoms with Gasteiger partial charge in [0.15, 0.2) is 5.17 Å². The fraction of sp³-hybridized carbons (Fsp3) is 0.500. The molecule has 0 aromatic heterocycles. The third-order valence-corrected chi connectivity index (χ3v) is 1.41. The number of aliphatic imine (C=N–C) groups is 2. The highest BCUT2D eigenvalue weighted by molar-refractivity contribution is 8.13. The van der Waals surface area contributed by atoms with Crippen LogP contribution < -0.4 is 0 Å². The van der Waals surface area contributed by atoms with E-state index in [4.69, 9.17) is 0 Å². The van der Waals surface area contributed by atoms with E-state index in [1.807, 2.05) is 0 Å². The molecule has 0 saturated carbocycles. The molecule has 74 valence electrons. The van der Waals surface area contributed by atoms with Crippen LogP contribution in [0.1, 0.15) is 0 Å². The molecule has 0 bridgehead atoms. The molecule has 0 saturated heterocycles. The molecular formula is C6H10N2O4S. The van der Waals surface area contributed by atoms with Gasteiger partial charge in [-0.05, 0) is 6.26 Å². The van der Waals surface area contributed by atoms with Gasteiger partial charge in [-0.25, -0.2) is 4.79 Å². The van der Waals surface area contributed by atoms with Crippen LogP contribution in [0, 0.1) is 0 Å². The predicted octanol–water partition coefficient (Wildman–Crippen LogP) is 1.08. The molecule has 0 heterocycles. The summed E-state index contributed by atoms with van der Waals surface area (Å²) in [6, 6.07) is 0. The summed E-state index contributed by atoms with van der Waals surface area (Å²) in [6.07, 6.45) is 2.03. The number of carbonyl (C=O) groups excluding carboxylic acids is 1. The second kappa shape index (κ2) is 7.56. The van der Waals surface area contributed by atoms with Gasteiger partial charge in [0.1, 0.15) is 0 Å². The van der Waals surface area contributed by atoms with Gasteiger partial charge in [-0.3, -0.25) is 0 Å². The van der Waals surface area contributed by atoms with Gasteiger partial charge in [-0.1, -0.05) is 11.8 Å². The Morgan fingerprint density at radius 2 is 2.15 bits per heavy atom. The van der Waals surface area contributed by atoms with Crippen molar-refractivity contribution in [2.24, 2.45) is 9.98 Å². The lowest BCUT2D eigenvalue weighted by atomic mass is 11.1. The van der Waals surface area contributed by atoms with Gasteiger partial charge in [0.2, 0.25) is 6.40 Å². The molecule has 6 nitrogen and oxygen atoms in total. The number of ether oxygens (including phenoxy) is 1. The maximum atomic E-state index is 10.6. The molecule has 0 aromatic rings. The summed E-state index contributed by atoms with van der Waals surface area (Å²) in [5, 5.41) is 0.226. The summed E-state index contributed by atoms with van der Waals surface area (Å²) in [6.45, 7) is 0. The number of rotatable bonds is 2. The fourth-order valence-electron chi connectivity index (χ4n) is 0.361. The zero-order valence-corrected chi connectivity index (χ0v) is 8.33. The molecule has 0 aliphatic carbocycles. The number of amides is 1. The smallest absolute Gasteiger partial charge is 0.435 e. The zero-order chi connectivity index (χ0) is 10.1. The van der Waals surface area contributed by atoms with E-state index in [0.717, 1.165) is 6.40 Å². The normalized spacial score (nSPS) is 11.8. The topological polar surface area (TPSA) is 69.5 Å². The van der Waals surface area contributed by atoms with Crippen molar-refractivity contribution in [2.75, 3.05) is 20.5 Å². The highest BCUT2D eigenvalue weighted by Gasteiger charge is 1.99. The first-order valence-corrected chi connectivity index (χ1v) is 4.39. The summed E-state index contributed by atoms with van der Waals surface area (Å²) in [5.41, 5.74) is 0. The summed E-state index contributed by atoms with van der Waals surface area (Å²) >= 11 is 1.18. The Kier molecular flexibility index (Phi) is 6.93. The van der Waals surface area contributed by atoms with Gasteiger partial charge in [-0.2, -0.15) is 9.88 Å². The minimum absolute atomic E-state index is 0.226. The largest absolute Gasteiger partial charge is 0.451 e. The highest BCUT2D eigenvalue weighted by Crippen LogP contribution is 2.00. The van der Waals surface area contributed by atoms with Crippen molar-refractivity contribution in [1.82, 2.24) is 0 Å². The first kappa shape index (κ1) is 11.9. The Bertz CT molecular complexity index is 217. The lowest BCUT2D eigenvalue weighted by molar-refractivity contribution is -0.187. The fourth-order valence-corrected chi connectivity index (χ4v) is 0.675. The van der Waals surface area contributed by atoms with Crippen LogP contribution in [0.5, 0.6) is 0 Å². The van der Waals surface area contributed by atoms with Crippen molar-refractivity contribution in [3.05, 3.63) is 0 Å². The number of nitrogens with zero attached hydrogens (tertiary/aromatic N) is 2. The second-order valence-electron chi connectivity index (χ2n) is 1.57. The number of hydrogen-bond acceptors (Lipinski definition) is 5. The zero-order valence-electron chi connectivity index (χ0n) is 7.51. The Hall–Kier alpha value is -1.08. The van der Waals surface area contributed by atoms with Gasteiger partial charge >= 0.3 is 6.09 Å². The molecule has 0 unspecified atom stereocenters.